The molecule has 0 aromatic heterocycles. The predicted octanol–water partition coefficient (Wildman–Crippen LogP) is 13.9. The number of hydrogen-bond acceptors (Lipinski definition) is 0. The van der Waals surface area contributed by atoms with E-state index in [2.05, 4.69) is 154 Å². The molecule has 2 unspecified atom stereocenters. The van der Waals surface area contributed by atoms with Crippen LogP contribution in [0.2, 0.25) is 12.1 Å². The van der Waals surface area contributed by atoms with E-state index in [4.69, 9.17) is 0 Å². The Morgan fingerprint density at radius 2 is 0.878 bits per heavy atom. The molecule has 6 rings (SSSR count). The Labute approximate surface area is 301 Å². The first-order valence-electron chi connectivity index (χ1n) is 19.2. The summed E-state index contributed by atoms with van der Waals surface area (Å²) in [4.78, 5) is 0. The molecule has 2 atom stereocenters. The summed E-state index contributed by atoms with van der Waals surface area (Å²) in [7, 11) is 0.907. The number of hydrogen-bond donors (Lipinski definition) is 0. The van der Waals surface area contributed by atoms with Crippen molar-refractivity contribution in [1.29, 1.82) is 0 Å². The lowest BCUT2D eigenvalue weighted by atomic mass is 9.83. The van der Waals surface area contributed by atoms with Crippen molar-refractivity contribution < 1.29 is 0 Å². The molecule has 0 bridgehead atoms. The van der Waals surface area contributed by atoms with Crippen molar-refractivity contribution in [3.05, 3.63) is 128 Å². The van der Waals surface area contributed by atoms with Gasteiger partial charge in [-0.3, -0.25) is 0 Å². The topological polar surface area (TPSA) is 0 Å². The van der Waals surface area contributed by atoms with Crippen LogP contribution < -0.4 is 0 Å². The summed E-state index contributed by atoms with van der Waals surface area (Å²) < 4.78 is 0. The summed E-state index contributed by atoms with van der Waals surface area (Å²) in [6.45, 7) is 23.7. The van der Waals surface area contributed by atoms with Crippen molar-refractivity contribution in [2.75, 3.05) is 0 Å². The van der Waals surface area contributed by atoms with E-state index < -0.39 is 0 Å². The van der Waals surface area contributed by atoms with Gasteiger partial charge in [0.25, 0.3) is 0 Å². The van der Waals surface area contributed by atoms with E-state index in [1.54, 1.807) is 22.3 Å². The molecule has 4 aromatic carbocycles. The Morgan fingerprint density at radius 3 is 1.22 bits per heavy atom. The Kier molecular flexibility index (Phi) is 10.7. The molecule has 0 spiro atoms. The molecule has 49 heavy (non-hydrogen) atoms. The van der Waals surface area contributed by atoms with E-state index in [9.17, 15) is 0 Å². The maximum Gasteiger partial charge on any atom is 0.0397 e. The van der Waals surface area contributed by atoms with Gasteiger partial charge in [-0.05, 0) is 103 Å². The maximum absolute atomic E-state index is 2.61. The van der Waals surface area contributed by atoms with Crippen LogP contribution in [0, 0.1) is 11.8 Å². The second-order valence-corrected chi connectivity index (χ2v) is 17.1. The Hall–Kier alpha value is -3.42. The highest BCUT2D eigenvalue weighted by molar-refractivity contribution is 6.36. The van der Waals surface area contributed by atoms with Crippen LogP contribution in [-0.2, 0) is 12.8 Å². The van der Waals surface area contributed by atoms with Gasteiger partial charge in [0.1, 0.15) is 0 Å². The molecule has 254 valence electrons. The Morgan fingerprint density at radius 1 is 0.490 bits per heavy atom. The third-order valence-corrected chi connectivity index (χ3v) is 12.8. The minimum atomic E-state index is 0.483. The number of fused-ring (bicyclic) bond motifs is 2. The largest absolute Gasteiger partial charge is 0.0620 e. The summed E-state index contributed by atoms with van der Waals surface area (Å²) in [6, 6.07) is 30.7. The van der Waals surface area contributed by atoms with E-state index in [1.807, 2.05) is 0 Å². The zero-order chi connectivity index (χ0) is 35.0. The fourth-order valence-corrected chi connectivity index (χ4v) is 10.4. The number of rotatable bonds is 12. The number of benzene rings is 4. The molecule has 0 aliphatic heterocycles. The summed E-state index contributed by atoms with van der Waals surface area (Å²) in [6.07, 6.45) is 7.33. The third-order valence-electron chi connectivity index (χ3n) is 11.4. The van der Waals surface area contributed by atoms with Crippen molar-refractivity contribution >= 4 is 21.7 Å². The zero-order valence-corrected chi connectivity index (χ0v) is 32.9. The van der Waals surface area contributed by atoms with Crippen molar-refractivity contribution in [2.24, 2.45) is 11.8 Å². The van der Waals surface area contributed by atoms with Crippen molar-refractivity contribution in [2.45, 2.75) is 118 Å². The molecular weight excluding hydrogens is 605 g/mol. The highest BCUT2D eigenvalue weighted by Gasteiger charge is 2.33. The van der Waals surface area contributed by atoms with E-state index in [0.29, 0.717) is 35.5 Å². The van der Waals surface area contributed by atoms with E-state index >= 15 is 0 Å². The van der Waals surface area contributed by atoms with Gasteiger partial charge in [-0.15, -0.1) is 0 Å². The first-order chi connectivity index (χ1) is 23.6. The molecule has 0 N–H and O–H groups in total. The third kappa shape index (κ3) is 6.61. The molecule has 0 fully saturated rings. The van der Waals surface area contributed by atoms with Crippen molar-refractivity contribution in [3.63, 3.8) is 0 Å². The van der Waals surface area contributed by atoms with Gasteiger partial charge in [-0.2, -0.15) is 0 Å². The predicted molar refractivity (Wildman–Crippen MR) is 217 cm³/mol. The Bertz CT molecular complexity index is 1740. The lowest BCUT2D eigenvalue weighted by Gasteiger charge is -2.25. The van der Waals surface area contributed by atoms with Crippen LogP contribution in [0.1, 0.15) is 137 Å². The van der Waals surface area contributed by atoms with Crippen LogP contribution in [-0.4, -0.2) is 9.52 Å². The van der Waals surface area contributed by atoms with Crippen LogP contribution in [0.3, 0.4) is 0 Å². The molecule has 4 aromatic rings. The van der Waals surface area contributed by atoms with Gasteiger partial charge in [-0.1, -0.05) is 177 Å². The van der Waals surface area contributed by atoms with Crippen LogP contribution in [0.15, 0.2) is 83.9 Å². The molecule has 0 nitrogen and oxygen atoms in total. The quantitative estimate of drug-likeness (QED) is 0.132. The molecule has 0 saturated heterocycles. The van der Waals surface area contributed by atoms with Crippen molar-refractivity contribution in [3.8, 4) is 22.3 Å². The summed E-state index contributed by atoms with van der Waals surface area (Å²) >= 11 is 0. The SMILES string of the molecule is CCc1ccccc1-c1c(C(C)C)ccc2c1C=C(C(C)C)C2C[Si]CC1C(C(C)C)=Cc2c1ccc(C(C)C)c2-c1ccccc1CC. The fraction of sp³-hybridized carbons (Fsp3) is 0.417. The van der Waals surface area contributed by atoms with E-state index in [0.717, 1.165) is 22.4 Å². The standard InChI is InChI=1S/C48H58Si/c1-11-33-17-13-15-19-37(33)47-35(29(3)4)21-23-39-43(47)25-41(31(7)8)45(39)27-49-28-46-40-24-22-36(30(5)6)48(44(40)26-42(46)32(9)10)38-20-16-14-18-34(38)12-2/h13-26,29-32,45-46H,11-12,27-28H2,1-10H3. The molecule has 1 heteroatoms. The van der Waals surface area contributed by atoms with Crippen LogP contribution in [0.5, 0.6) is 0 Å². The van der Waals surface area contributed by atoms with Gasteiger partial charge in [0.15, 0.2) is 0 Å². The Balaban J connectivity index is 1.36. The van der Waals surface area contributed by atoms with E-state index in [1.165, 1.54) is 67.7 Å². The normalized spacial score (nSPS) is 16.9. The molecule has 2 aliphatic rings. The van der Waals surface area contributed by atoms with Gasteiger partial charge in [0, 0.05) is 21.4 Å². The average molecular weight is 663 g/mol. The molecular formula is C48H58Si. The summed E-state index contributed by atoms with van der Waals surface area (Å²) in [5.74, 6) is 3.04. The molecule has 0 heterocycles. The molecule has 2 radical (unpaired) electrons. The van der Waals surface area contributed by atoms with Gasteiger partial charge < -0.3 is 0 Å². The first kappa shape index (κ1) is 35.4. The molecule has 0 saturated carbocycles. The minimum Gasteiger partial charge on any atom is -0.0620 e. The van der Waals surface area contributed by atoms with Crippen LogP contribution in [0.25, 0.3) is 34.4 Å². The van der Waals surface area contributed by atoms with Crippen molar-refractivity contribution in [1.82, 2.24) is 0 Å². The van der Waals surface area contributed by atoms with Crippen LogP contribution >= 0.6 is 0 Å². The monoisotopic (exact) mass is 662 g/mol. The average Bonchev–Trinajstić information content (AvgIpc) is 3.66. The first-order valence-corrected chi connectivity index (χ1v) is 20.6. The number of aryl methyl sites for hydroxylation is 2. The van der Waals surface area contributed by atoms with Gasteiger partial charge in [0.05, 0.1) is 0 Å². The second kappa shape index (κ2) is 14.8. The van der Waals surface area contributed by atoms with Crippen LogP contribution in [0.4, 0.5) is 0 Å². The zero-order valence-electron chi connectivity index (χ0n) is 31.9. The number of allylic oxidation sites excluding steroid dienone is 2. The minimum absolute atomic E-state index is 0.483. The highest BCUT2D eigenvalue weighted by atomic mass is 28.2. The lowest BCUT2D eigenvalue weighted by Crippen LogP contribution is -2.12. The van der Waals surface area contributed by atoms with Gasteiger partial charge in [-0.25, -0.2) is 0 Å². The lowest BCUT2D eigenvalue weighted by molar-refractivity contribution is 0.686. The second-order valence-electron chi connectivity index (χ2n) is 15.8. The highest BCUT2D eigenvalue weighted by Crippen LogP contribution is 2.51. The summed E-state index contributed by atoms with van der Waals surface area (Å²) in [5, 5.41) is 0. The molecule has 2 aliphatic carbocycles. The fourth-order valence-electron chi connectivity index (χ4n) is 8.79. The smallest absolute Gasteiger partial charge is 0.0397 e. The van der Waals surface area contributed by atoms with Gasteiger partial charge in [0.2, 0.25) is 0 Å². The van der Waals surface area contributed by atoms with Gasteiger partial charge >= 0.3 is 0 Å². The summed E-state index contributed by atoms with van der Waals surface area (Å²) in [5.41, 5.74) is 21.1. The van der Waals surface area contributed by atoms with E-state index in [-0.39, 0.29) is 0 Å². The molecule has 0 amide bonds. The maximum atomic E-state index is 2.61.